The Morgan fingerprint density at radius 2 is 2.12 bits per heavy atom. The van der Waals surface area contributed by atoms with Crippen LogP contribution in [0.4, 0.5) is 0 Å². The second-order valence-electron chi connectivity index (χ2n) is 5.37. The molecule has 2 atom stereocenters. The van der Waals surface area contributed by atoms with Gasteiger partial charge in [-0.1, -0.05) is 12.2 Å². The lowest BCUT2D eigenvalue weighted by atomic mass is 9.97. The molecule has 0 aromatic carbocycles. The highest BCUT2D eigenvalue weighted by Gasteiger charge is 2.24. The van der Waals surface area contributed by atoms with Crippen molar-refractivity contribution in [2.24, 2.45) is 0 Å². The van der Waals surface area contributed by atoms with Crippen molar-refractivity contribution in [2.75, 3.05) is 0 Å². The summed E-state index contributed by atoms with van der Waals surface area (Å²) in [4.78, 5) is 4.36. The van der Waals surface area contributed by atoms with Gasteiger partial charge in [-0.25, -0.2) is 4.98 Å². The molecule has 3 rings (SSSR count). The number of aromatic nitrogens is 2. The number of rotatable bonds is 2. The molecule has 1 aromatic heterocycles. The molecule has 0 saturated carbocycles. The van der Waals surface area contributed by atoms with Crippen LogP contribution in [0.1, 0.15) is 56.8 Å². The molecule has 17 heavy (non-hydrogen) atoms. The van der Waals surface area contributed by atoms with Gasteiger partial charge in [-0.2, -0.15) is 0 Å². The van der Waals surface area contributed by atoms with Crippen molar-refractivity contribution in [3.63, 3.8) is 0 Å². The van der Waals surface area contributed by atoms with Gasteiger partial charge in [-0.05, 0) is 39.0 Å². The minimum absolute atomic E-state index is 0.502. The van der Waals surface area contributed by atoms with Crippen LogP contribution in [-0.4, -0.2) is 15.6 Å². The topological polar surface area (TPSA) is 29.9 Å². The zero-order valence-corrected chi connectivity index (χ0v) is 10.5. The van der Waals surface area contributed by atoms with Gasteiger partial charge < -0.3 is 9.88 Å². The molecule has 0 radical (unpaired) electrons. The third-order valence-corrected chi connectivity index (χ3v) is 4.05. The van der Waals surface area contributed by atoms with Gasteiger partial charge in [0.2, 0.25) is 0 Å². The fourth-order valence-corrected chi connectivity index (χ4v) is 3.09. The smallest absolute Gasteiger partial charge is 0.0951 e. The SMILES string of the molecule is CC1CCCC(c2cncn2C2CC=CC2)N1. The number of piperidine rings is 1. The van der Waals surface area contributed by atoms with Crippen LogP contribution in [0.3, 0.4) is 0 Å². The van der Waals surface area contributed by atoms with E-state index in [1.807, 2.05) is 12.5 Å². The number of allylic oxidation sites excluding steroid dienone is 2. The van der Waals surface area contributed by atoms with Crippen LogP contribution < -0.4 is 5.32 Å². The van der Waals surface area contributed by atoms with Crippen LogP contribution in [0.15, 0.2) is 24.7 Å². The lowest BCUT2D eigenvalue weighted by Gasteiger charge is -2.30. The molecule has 1 aliphatic heterocycles. The average Bonchev–Trinajstić information content (AvgIpc) is 3.00. The highest BCUT2D eigenvalue weighted by atomic mass is 15.1. The van der Waals surface area contributed by atoms with Crippen molar-refractivity contribution in [1.29, 1.82) is 0 Å². The van der Waals surface area contributed by atoms with Gasteiger partial charge in [0.05, 0.1) is 12.0 Å². The lowest BCUT2D eigenvalue weighted by molar-refractivity contribution is 0.323. The maximum atomic E-state index is 4.36. The molecule has 0 amide bonds. The van der Waals surface area contributed by atoms with E-state index < -0.39 is 0 Å². The molecule has 1 saturated heterocycles. The van der Waals surface area contributed by atoms with Gasteiger partial charge in [-0.3, -0.25) is 0 Å². The summed E-state index contributed by atoms with van der Waals surface area (Å²) in [5, 5.41) is 3.70. The van der Waals surface area contributed by atoms with E-state index in [1.54, 1.807) is 0 Å². The maximum absolute atomic E-state index is 4.36. The third kappa shape index (κ3) is 2.16. The number of nitrogens with zero attached hydrogens (tertiary/aromatic N) is 2. The molecule has 1 aromatic rings. The molecule has 0 bridgehead atoms. The zero-order valence-electron chi connectivity index (χ0n) is 10.5. The Morgan fingerprint density at radius 1 is 1.29 bits per heavy atom. The number of nitrogens with one attached hydrogen (secondary N) is 1. The second kappa shape index (κ2) is 4.65. The predicted molar refractivity (Wildman–Crippen MR) is 68.8 cm³/mol. The Bertz CT molecular complexity index is 399. The van der Waals surface area contributed by atoms with Gasteiger partial charge in [0.25, 0.3) is 0 Å². The quantitative estimate of drug-likeness (QED) is 0.793. The van der Waals surface area contributed by atoms with Gasteiger partial charge in [0, 0.05) is 24.3 Å². The average molecular weight is 231 g/mol. The number of hydrogen-bond acceptors (Lipinski definition) is 2. The standard InChI is InChI=1S/C14H21N3/c1-11-5-4-8-13(16-11)14-9-15-10-17(14)12-6-2-3-7-12/h2-3,9-13,16H,4-8H2,1H3. The second-order valence-corrected chi connectivity index (χ2v) is 5.37. The van der Waals surface area contributed by atoms with Crippen LogP contribution >= 0.6 is 0 Å². The van der Waals surface area contributed by atoms with E-state index in [2.05, 4.69) is 33.9 Å². The first kappa shape index (κ1) is 11.0. The molecule has 2 unspecified atom stereocenters. The van der Waals surface area contributed by atoms with Crippen molar-refractivity contribution >= 4 is 0 Å². The van der Waals surface area contributed by atoms with Crippen molar-refractivity contribution in [1.82, 2.24) is 14.9 Å². The third-order valence-electron chi connectivity index (χ3n) is 4.05. The van der Waals surface area contributed by atoms with Gasteiger partial charge >= 0.3 is 0 Å². The summed E-state index contributed by atoms with van der Waals surface area (Å²) in [6.45, 7) is 2.28. The van der Waals surface area contributed by atoms with Crippen LogP contribution in [-0.2, 0) is 0 Å². The van der Waals surface area contributed by atoms with Crippen LogP contribution in [0, 0.1) is 0 Å². The Hall–Kier alpha value is -1.09. The van der Waals surface area contributed by atoms with Crippen molar-refractivity contribution < 1.29 is 0 Å². The zero-order chi connectivity index (χ0) is 11.7. The summed E-state index contributed by atoms with van der Waals surface area (Å²) in [5.74, 6) is 0. The fourth-order valence-electron chi connectivity index (χ4n) is 3.09. The van der Waals surface area contributed by atoms with E-state index >= 15 is 0 Å². The first-order valence-corrected chi connectivity index (χ1v) is 6.77. The summed E-state index contributed by atoms with van der Waals surface area (Å²) in [6, 6.07) is 1.74. The number of hydrogen-bond donors (Lipinski definition) is 1. The molecule has 1 N–H and O–H groups in total. The Kier molecular flexibility index (Phi) is 3.02. The monoisotopic (exact) mass is 231 g/mol. The first-order valence-electron chi connectivity index (χ1n) is 6.77. The van der Waals surface area contributed by atoms with E-state index in [0.29, 0.717) is 18.1 Å². The van der Waals surface area contributed by atoms with E-state index in [0.717, 1.165) is 12.8 Å². The summed E-state index contributed by atoms with van der Waals surface area (Å²) in [7, 11) is 0. The van der Waals surface area contributed by atoms with E-state index in [1.165, 1.54) is 25.0 Å². The first-order chi connectivity index (χ1) is 8.34. The normalized spacial score (nSPS) is 29.9. The Labute approximate surface area is 103 Å². The fraction of sp³-hybridized carbons (Fsp3) is 0.643. The molecule has 1 aliphatic carbocycles. The Morgan fingerprint density at radius 3 is 2.88 bits per heavy atom. The predicted octanol–water partition coefficient (Wildman–Crippen LogP) is 2.98. The molecule has 0 spiro atoms. The molecule has 3 nitrogen and oxygen atoms in total. The molecule has 1 fully saturated rings. The minimum Gasteiger partial charge on any atom is -0.329 e. The molecule has 92 valence electrons. The van der Waals surface area contributed by atoms with Crippen molar-refractivity contribution in [3.8, 4) is 0 Å². The van der Waals surface area contributed by atoms with E-state index in [4.69, 9.17) is 0 Å². The molecule has 2 heterocycles. The maximum Gasteiger partial charge on any atom is 0.0951 e. The summed E-state index contributed by atoms with van der Waals surface area (Å²) < 4.78 is 2.38. The van der Waals surface area contributed by atoms with Crippen LogP contribution in [0.5, 0.6) is 0 Å². The molecule has 2 aliphatic rings. The highest BCUT2D eigenvalue weighted by Crippen LogP contribution is 2.31. The molecular weight excluding hydrogens is 210 g/mol. The largest absolute Gasteiger partial charge is 0.329 e. The van der Waals surface area contributed by atoms with E-state index in [9.17, 15) is 0 Å². The van der Waals surface area contributed by atoms with Gasteiger partial charge in [0.15, 0.2) is 0 Å². The highest BCUT2D eigenvalue weighted by molar-refractivity contribution is 5.11. The van der Waals surface area contributed by atoms with E-state index in [-0.39, 0.29) is 0 Å². The van der Waals surface area contributed by atoms with Crippen LogP contribution in [0.25, 0.3) is 0 Å². The minimum atomic E-state index is 0.502. The number of imidazole rings is 1. The summed E-state index contributed by atoms with van der Waals surface area (Å²) in [6.07, 6.45) is 14.8. The Balaban J connectivity index is 1.80. The van der Waals surface area contributed by atoms with Gasteiger partial charge in [-0.15, -0.1) is 0 Å². The molecule has 3 heteroatoms. The lowest BCUT2D eigenvalue weighted by Crippen LogP contribution is -2.35. The van der Waals surface area contributed by atoms with Gasteiger partial charge in [0.1, 0.15) is 0 Å². The van der Waals surface area contributed by atoms with Crippen molar-refractivity contribution in [2.45, 2.75) is 57.2 Å². The summed E-state index contributed by atoms with van der Waals surface area (Å²) >= 11 is 0. The van der Waals surface area contributed by atoms with Crippen LogP contribution in [0.2, 0.25) is 0 Å². The summed E-state index contributed by atoms with van der Waals surface area (Å²) in [5.41, 5.74) is 1.38. The molecular formula is C14H21N3. The van der Waals surface area contributed by atoms with Crippen molar-refractivity contribution in [3.05, 3.63) is 30.4 Å².